The lowest BCUT2D eigenvalue weighted by atomic mass is 10.1. The summed E-state index contributed by atoms with van der Waals surface area (Å²) in [5, 5.41) is 0. The Kier molecular flexibility index (Phi) is 2.07. The minimum Gasteiger partial charge on any atom is -0.0512 e. The molecule has 0 amide bonds. The van der Waals surface area contributed by atoms with Gasteiger partial charge >= 0.3 is 0 Å². The molecule has 0 heteroatoms. The normalized spacial score (nSPS) is 20.9. The van der Waals surface area contributed by atoms with Crippen molar-refractivity contribution in [2.45, 2.75) is 27.7 Å². The second-order valence-electron chi connectivity index (χ2n) is 4.22. The molecule has 0 atom stereocenters. The average Bonchev–Trinajstić information content (AvgIpc) is 2.60. The zero-order valence-electron chi connectivity index (χ0n) is 9.31. The first kappa shape index (κ1) is 9.26. The van der Waals surface area contributed by atoms with Crippen molar-refractivity contribution in [3.8, 4) is 0 Å². The van der Waals surface area contributed by atoms with Gasteiger partial charge in [0.2, 0.25) is 0 Å². The number of hydrogen-bond donors (Lipinski definition) is 0. The summed E-state index contributed by atoms with van der Waals surface area (Å²) in [7, 11) is 0. The lowest BCUT2D eigenvalue weighted by Crippen LogP contribution is -1.74. The molecule has 0 aromatic heterocycles. The highest BCUT2D eigenvalue weighted by Crippen LogP contribution is 2.30. The summed E-state index contributed by atoms with van der Waals surface area (Å²) >= 11 is 0. The molecule has 0 aromatic rings. The molecule has 0 saturated heterocycles. The Balaban J connectivity index is 2.49. The molecule has 0 N–H and O–H groups in total. The quantitative estimate of drug-likeness (QED) is 0.532. The van der Waals surface area contributed by atoms with Crippen LogP contribution in [0.25, 0.3) is 0 Å². The first-order valence-corrected chi connectivity index (χ1v) is 5.06. The molecule has 0 fully saturated rings. The van der Waals surface area contributed by atoms with Gasteiger partial charge in [0.05, 0.1) is 0 Å². The van der Waals surface area contributed by atoms with E-state index in [1.165, 1.54) is 33.4 Å². The van der Waals surface area contributed by atoms with Crippen LogP contribution in [0.5, 0.6) is 0 Å². The van der Waals surface area contributed by atoms with Crippen molar-refractivity contribution in [1.82, 2.24) is 0 Å². The predicted octanol–water partition coefficient (Wildman–Crippen LogP) is 4.10. The Labute approximate surface area is 86.0 Å². The minimum absolute atomic E-state index is 1.36. The molecular formula is C14H16. The third-order valence-corrected chi connectivity index (χ3v) is 3.07. The molecule has 0 radical (unpaired) electrons. The standard InChI is InChI=1S/C14H16/c1-9-5-13(6-10(9)2)14-7-11(3)12(4)8-14/h5-8H,1-4H3. The van der Waals surface area contributed by atoms with Crippen molar-refractivity contribution < 1.29 is 0 Å². The minimum atomic E-state index is 1.36. The Morgan fingerprint density at radius 1 is 0.500 bits per heavy atom. The number of hydrogen-bond acceptors (Lipinski definition) is 0. The van der Waals surface area contributed by atoms with Gasteiger partial charge in [-0.25, -0.2) is 0 Å². The van der Waals surface area contributed by atoms with Crippen molar-refractivity contribution in [1.29, 1.82) is 0 Å². The molecule has 14 heavy (non-hydrogen) atoms. The topological polar surface area (TPSA) is 0 Å². The van der Waals surface area contributed by atoms with E-state index in [-0.39, 0.29) is 0 Å². The van der Waals surface area contributed by atoms with Gasteiger partial charge in [0.25, 0.3) is 0 Å². The van der Waals surface area contributed by atoms with E-state index < -0.39 is 0 Å². The van der Waals surface area contributed by atoms with Gasteiger partial charge in [0.1, 0.15) is 0 Å². The summed E-state index contributed by atoms with van der Waals surface area (Å²) in [5.41, 5.74) is 8.26. The van der Waals surface area contributed by atoms with Crippen molar-refractivity contribution >= 4 is 0 Å². The summed E-state index contributed by atoms with van der Waals surface area (Å²) in [6.07, 6.45) is 9.07. The average molecular weight is 184 g/mol. The van der Waals surface area contributed by atoms with Crippen LogP contribution >= 0.6 is 0 Å². The fourth-order valence-electron chi connectivity index (χ4n) is 1.81. The Morgan fingerprint density at radius 2 is 0.714 bits per heavy atom. The van der Waals surface area contributed by atoms with Gasteiger partial charge < -0.3 is 0 Å². The molecule has 2 rings (SSSR count). The summed E-state index contributed by atoms with van der Waals surface area (Å²) in [6, 6.07) is 0. The fourth-order valence-corrected chi connectivity index (χ4v) is 1.81. The van der Waals surface area contributed by atoms with E-state index in [0.29, 0.717) is 0 Å². The lowest BCUT2D eigenvalue weighted by Gasteiger charge is -1.93. The van der Waals surface area contributed by atoms with E-state index in [9.17, 15) is 0 Å². The summed E-state index contributed by atoms with van der Waals surface area (Å²) in [5.74, 6) is 0. The zero-order chi connectivity index (χ0) is 10.3. The first-order chi connectivity index (χ1) is 6.58. The molecule has 0 spiro atoms. The van der Waals surface area contributed by atoms with Crippen molar-refractivity contribution in [2.75, 3.05) is 0 Å². The Morgan fingerprint density at radius 3 is 0.929 bits per heavy atom. The molecule has 72 valence electrons. The maximum atomic E-state index is 2.27. The summed E-state index contributed by atoms with van der Waals surface area (Å²) in [4.78, 5) is 0. The van der Waals surface area contributed by atoms with Crippen LogP contribution < -0.4 is 0 Å². The summed E-state index contributed by atoms with van der Waals surface area (Å²) < 4.78 is 0. The van der Waals surface area contributed by atoms with E-state index >= 15 is 0 Å². The monoisotopic (exact) mass is 184 g/mol. The smallest absolute Gasteiger partial charge is 0.0178 e. The molecule has 0 heterocycles. The molecule has 2 aliphatic carbocycles. The van der Waals surface area contributed by atoms with Gasteiger partial charge in [-0.05, 0) is 61.1 Å². The van der Waals surface area contributed by atoms with Crippen LogP contribution in [0, 0.1) is 0 Å². The molecule has 0 bridgehead atoms. The first-order valence-electron chi connectivity index (χ1n) is 5.06. The van der Waals surface area contributed by atoms with Gasteiger partial charge in [-0.3, -0.25) is 0 Å². The van der Waals surface area contributed by atoms with Crippen LogP contribution in [0.15, 0.2) is 57.7 Å². The highest BCUT2D eigenvalue weighted by Gasteiger charge is 2.11. The Hall–Kier alpha value is -1.30. The van der Waals surface area contributed by atoms with Gasteiger partial charge in [0, 0.05) is 0 Å². The van der Waals surface area contributed by atoms with Crippen molar-refractivity contribution in [3.05, 3.63) is 57.7 Å². The third-order valence-electron chi connectivity index (χ3n) is 3.07. The van der Waals surface area contributed by atoms with Crippen LogP contribution in [0.4, 0.5) is 0 Å². The summed E-state index contributed by atoms with van der Waals surface area (Å²) in [6.45, 7) is 8.67. The zero-order valence-corrected chi connectivity index (χ0v) is 9.31. The molecule has 0 aromatic carbocycles. The van der Waals surface area contributed by atoms with Crippen LogP contribution in [-0.2, 0) is 0 Å². The fraction of sp³-hybridized carbons (Fsp3) is 0.286. The van der Waals surface area contributed by atoms with E-state index in [2.05, 4.69) is 52.0 Å². The maximum Gasteiger partial charge on any atom is -0.0178 e. The molecule has 0 nitrogen and oxygen atoms in total. The number of allylic oxidation sites excluding steroid dienone is 10. The molecular weight excluding hydrogens is 168 g/mol. The molecule has 0 aliphatic heterocycles. The molecule has 0 saturated carbocycles. The molecule has 2 aliphatic rings. The highest BCUT2D eigenvalue weighted by molar-refractivity contribution is 5.61. The van der Waals surface area contributed by atoms with Gasteiger partial charge in [-0.2, -0.15) is 0 Å². The maximum absolute atomic E-state index is 2.27. The van der Waals surface area contributed by atoms with E-state index in [1.807, 2.05) is 0 Å². The lowest BCUT2D eigenvalue weighted by molar-refractivity contribution is 1.39. The second kappa shape index (κ2) is 3.13. The largest absolute Gasteiger partial charge is 0.0512 e. The van der Waals surface area contributed by atoms with Crippen LogP contribution in [0.3, 0.4) is 0 Å². The van der Waals surface area contributed by atoms with E-state index in [4.69, 9.17) is 0 Å². The van der Waals surface area contributed by atoms with Crippen LogP contribution in [-0.4, -0.2) is 0 Å². The van der Waals surface area contributed by atoms with E-state index in [0.717, 1.165) is 0 Å². The molecule has 0 unspecified atom stereocenters. The van der Waals surface area contributed by atoms with Gasteiger partial charge in [0.15, 0.2) is 0 Å². The highest BCUT2D eigenvalue weighted by atomic mass is 14.2. The Bertz CT molecular complexity index is 353. The SMILES string of the molecule is CC1=CC(=C2C=C(C)C(C)=C2)C=C1C. The van der Waals surface area contributed by atoms with Gasteiger partial charge in [-0.15, -0.1) is 0 Å². The van der Waals surface area contributed by atoms with Crippen molar-refractivity contribution in [2.24, 2.45) is 0 Å². The predicted molar refractivity (Wildman–Crippen MR) is 62.1 cm³/mol. The second-order valence-corrected chi connectivity index (χ2v) is 4.22. The van der Waals surface area contributed by atoms with E-state index in [1.54, 1.807) is 0 Å². The number of rotatable bonds is 0. The van der Waals surface area contributed by atoms with Crippen LogP contribution in [0.1, 0.15) is 27.7 Å². The van der Waals surface area contributed by atoms with Crippen molar-refractivity contribution in [3.63, 3.8) is 0 Å². The third kappa shape index (κ3) is 1.41. The van der Waals surface area contributed by atoms with Crippen LogP contribution in [0.2, 0.25) is 0 Å². The van der Waals surface area contributed by atoms with Gasteiger partial charge in [-0.1, -0.05) is 24.3 Å².